The molecular weight excluding hydrogens is 380 g/mol. The van der Waals surface area contributed by atoms with E-state index in [0.29, 0.717) is 24.8 Å². The van der Waals surface area contributed by atoms with Crippen LogP contribution in [0.3, 0.4) is 0 Å². The van der Waals surface area contributed by atoms with E-state index in [-0.39, 0.29) is 6.61 Å². The van der Waals surface area contributed by atoms with Gasteiger partial charge in [0.15, 0.2) is 0 Å². The van der Waals surface area contributed by atoms with Crippen LogP contribution in [0.25, 0.3) is 0 Å². The highest BCUT2D eigenvalue weighted by atomic mass is 79.9. The maximum atomic E-state index is 8.97. The van der Waals surface area contributed by atoms with Crippen molar-refractivity contribution in [3.05, 3.63) is 45.6 Å². The summed E-state index contributed by atoms with van der Waals surface area (Å²) >= 11 is 3.56. The van der Waals surface area contributed by atoms with E-state index in [4.69, 9.17) is 10.1 Å². The molecule has 1 aromatic heterocycles. The molecule has 5 nitrogen and oxygen atoms in total. The molecule has 0 radical (unpaired) electrons. The van der Waals surface area contributed by atoms with Gasteiger partial charge in [-0.15, -0.1) is 0 Å². The quantitative estimate of drug-likeness (QED) is 0.718. The van der Waals surface area contributed by atoms with Crippen molar-refractivity contribution in [1.29, 1.82) is 0 Å². The maximum Gasteiger partial charge on any atom is 0.224 e. The number of benzene rings is 1. The molecular formula is C19H25BrN4O. The topological polar surface area (TPSA) is 61.3 Å². The van der Waals surface area contributed by atoms with Crippen molar-refractivity contribution in [2.45, 2.75) is 39.2 Å². The zero-order chi connectivity index (χ0) is 17.8. The molecule has 3 rings (SSSR count). The van der Waals surface area contributed by atoms with Crippen LogP contribution >= 0.6 is 15.9 Å². The van der Waals surface area contributed by atoms with E-state index in [1.165, 1.54) is 11.1 Å². The number of nitrogens with one attached hydrogen (secondary N) is 1. The van der Waals surface area contributed by atoms with Gasteiger partial charge in [0.2, 0.25) is 5.95 Å². The van der Waals surface area contributed by atoms with Crippen molar-refractivity contribution in [3.8, 4) is 0 Å². The first-order valence-corrected chi connectivity index (χ1v) is 9.62. The lowest BCUT2D eigenvalue weighted by molar-refractivity contribution is 0.292. The van der Waals surface area contributed by atoms with Gasteiger partial charge >= 0.3 is 0 Å². The van der Waals surface area contributed by atoms with E-state index in [1.807, 2.05) is 0 Å². The summed E-state index contributed by atoms with van der Waals surface area (Å²) in [5.41, 5.74) is 3.80. The minimum atomic E-state index is 0.169. The molecule has 1 aromatic carbocycles. The minimum absolute atomic E-state index is 0.169. The molecule has 0 saturated heterocycles. The number of rotatable bonds is 6. The molecule has 0 spiro atoms. The molecule has 1 aliphatic rings. The SMILES string of the molecule is CC(C)c1cc(N2CCc3cc(Br)ccc3C2)nc(NCCCO)n1. The third-order valence-corrected chi connectivity index (χ3v) is 4.94. The summed E-state index contributed by atoms with van der Waals surface area (Å²) in [5, 5.41) is 12.2. The van der Waals surface area contributed by atoms with Crippen LogP contribution in [0.2, 0.25) is 0 Å². The molecule has 1 aliphatic heterocycles. The van der Waals surface area contributed by atoms with Crippen LogP contribution in [0.15, 0.2) is 28.7 Å². The Kier molecular flexibility index (Phi) is 5.91. The van der Waals surface area contributed by atoms with Crippen LogP contribution in [-0.4, -0.2) is 34.8 Å². The number of halogens is 1. The highest BCUT2D eigenvalue weighted by molar-refractivity contribution is 9.10. The number of hydrogen-bond donors (Lipinski definition) is 2. The zero-order valence-corrected chi connectivity index (χ0v) is 16.4. The Hall–Kier alpha value is -1.66. The van der Waals surface area contributed by atoms with Crippen molar-refractivity contribution in [2.75, 3.05) is 29.9 Å². The average Bonchev–Trinajstić information content (AvgIpc) is 2.61. The number of nitrogens with zero attached hydrogens (tertiary/aromatic N) is 3. The summed E-state index contributed by atoms with van der Waals surface area (Å²) in [5.74, 6) is 1.96. The Morgan fingerprint density at radius 1 is 1.24 bits per heavy atom. The number of fused-ring (bicyclic) bond motifs is 1. The molecule has 2 N–H and O–H groups in total. The van der Waals surface area contributed by atoms with Crippen molar-refractivity contribution < 1.29 is 5.11 Å². The van der Waals surface area contributed by atoms with E-state index in [0.717, 1.165) is 35.5 Å². The molecule has 6 heteroatoms. The predicted octanol–water partition coefficient (Wildman–Crippen LogP) is 3.72. The number of aliphatic hydroxyl groups excluding tert-OH is 1. The van der Waals surface area contributed by atoms with E-state index in [2.05, 4.69) is 69.2 Å². The molecule has 134 valence electrons. The monoisotopic (exact) mass is 404 g/mol. The highest BCUT2D eigenvalue weighted by Gasteiger charge is 2.19. The van der Waals surface area contributed by atoms with Gasteiger partial charge < -0.3 is 15.3 Å². The zero-order valence-electron chi connectivity index (χ0n) is 14.8. The van der Waals surface area contributed by atoms with Gasteiger partial charge in [0, 0.05) is 36.8 Å². The first-order valence-electron chi connectivity index (χ1n) is 8.83. The second-order valence-electron chi connectivity index (χ2n) is 6.72. The van der Waals surface area contributed by atoms with Crippen molar-refractivity contribution in [3.63, 3.8) is 0 Å². The second-order valence-corrected chi connectivity index (χ2v) is 7.63. The Labute approximate surface area is 157 Å². The lowest BCUT2D eigenvalue weighted by Crippen LogP contribution is -2.31. The second kappa shape index (κ2) is 8.15. The fourth-order valence-electron chi connectivity index (χ4n) is 2.99. The molecule has 0 unspecified atom stereocenters. The van der Waals surface area contributed by atoms with E-state index < -0.39 is 0 Å². The van der Waals surface area contributed by atoms with Gasteiger partial charge in [-0.2, -0.15) is 4.98 Å². The Morgan fingerprint density at radius 3 is 2.84 bits per heavy atom. The van der Waals surface area contributed by atoms with Gasteiger partial charge in [0.05, 0.1) is 5.69 Å². The van der Waals surface area contributed by atoms with Crippen LogP contribution in [0.1, 0.15) is 43.0 Å². The lowest BCUT2D eigenvalue weighted by atomic mass is 10.00. The predicted molar refractivity (Wildman–Crippen MR) is 105 cm³/mol. The molecule has 2 aromatic rings. The highest BCUT2D eigenvalue weighted by Crippen LogP contribution is 2.27. The number of aliphatic hydroxyl groups is 1. The van der Waals surface area contributed by atoms with Gasteiger partial charge in [-0.05, 0) is 42.0 Å². The molecule has 0 amide bonds. The van der Waals surface area contributed by atoms with Crippen LogP contribution in [0.5, 0.6) is 0 Å². The van der Waals surface area contributed by atoms with Crippen LogP contribution in [0.4, 0.5) is 11.8 Å². The van der Waals surface area contributed by atoms with E-state index >= 15 is 0 Å². The van der Waals surface area contributed by atoms with Gasteiger partial charge in [-0.25, -0.2) is 4.98 Å². The van der Waals surface area contributed by atoms with Crippen molar-refractivity contribution in [2.24, 2.45) is 0 Å². The van der Waals surface area contributed by atoms with Gasteiger partial charge in [0.1, 0.15) is 5.82 Å². The minimum Gasteiger partial charge on any atom is -0.396 e. The third kappa shape index (κ3) is 4.50. The van der Waals surface area contributed by atoms with E-state index in [1.54, 1.807) is 0 Å². The fourth-order valence-corrected chi connectivity index (χ4v) is 3.39. The van der Waals surface area contributed by atoms with E-state index in [9.17, 15) is 0 Å². The van der Waals surface area contributed by atoms with Gasteiger partial charge in [-0.3, -0.25) is 0 Å². The Morgan fingerprint density at radius 2 is 2.08 bits per heavy atom. The lowest BCUT2D eigenvalue weighted by Gasteiger charge is -2.30. The maximum absolute atomic E-state index is 8.97. The average molecular weight is 405 g/mol. The molecule has 0 saturated carbocycles. The molecule has 2 heterocycles. The summed E-state index contributed by atoms with van der Waals surface area (Å²) in [7, 11) is 0. The molecule has 0 bridgehead atoms. The number of anilines is 2. The first kappa shape index (κ1) is 18.1. The number of hydrogen-bond acceptors (Lipinski definition) is 5. The van der Waals surface area contributed by atoms with Crippen molar-refractivity contribution >= 4 is 27.7 Å². The Balaban J connectivity index is 1.84. The smallest absolute Gasteiger partial charge is 0.224 e. The normalized spacial score (nSPS) is 13.9. The first-order chi connectivity index (χ1) is 12.1. The summed E-state index contributed by atoms with van der Waals surface area (Å²) in [6.07, 6.45) is 1.71. The van der Waals surface area contributed by atoms with Crippen molar-refractivity contribution in [1.82, 2.24) is 9.97 Å². The summed E-state index contributed by atoms with van der Waals surface area (Å²) in [6, 6.07) is 8.61. The van der Waals surface area contributed by atoms with Gasteiger partial charge in [0.25, 0.3) is 0 Å². The third-order valence-electron chi connectivity index (χ3n) is 4.45. The molecule has 0 aliphatic carbocycles. The van der Waals surface area contributed by atoms with Gasteiger partial charge in [-0.1, -0.05) is 35.8 Å². The Bertz CT molecular complexity index is 735. The standard InChI is InChI=1S/C19H25BrN4O/c1-13(2)17-11-18(23-19(22-17)21-7-3-9-25)24-8-6-14-10-16(20)5-4-15(14)12-24/h4-5,10-11,13,25H,3,6-9,12H2,1-2H3,(H,21,22,23). The van der Waals surface area contributed by atoms with Crippen LogP contribution < -0.4 is 10.2 Å². The largest absolute Gasteiger partial charge is 0.396 e. The molecule has 25 heavy (non-hydrogen) atoms. The summed E-state index contributed by atoms with van der Waals surface area (Å²) < 4.78 is 1.14. The number of aromatic nitrogens is 2. The molecule has 0 fully saturated rings. The van der Waals surface area contributed by atoms with Crippen LogP contribution in [-0.2, 0) is 13.0 Å². The summed E-state index contributed by atoms with van der Waals surface area (Å²) in [4.78, 5) is 11.7. The summed E-state index contributed by atoms with van der Waals surface area (Å²) in [6.45, 7) is 6.96. The fraction of sp³-hybridized carbons (Fsp3) is 0.474. The molecule has 0 atom stereocenters. The van der Waals surface area contributed by atoms with Crippen LogP contribution in [0, 0.1) is 0 Å².